The highest BCUT2D eigenvalue weighted by molar-refractivity contribution is 7.92. The standard InChI is InChI=1S/C19H22N2O6S/c1-13(25-2)11-19(22)20-14-3-5-15(6-4-14)21-28(23,24)16-7-8-17-18(12-16)27-10-9-26-17/h3-8,12-13,21H,9-11H2,1-2H3,(H,20,22). The van der Waals surface area contributed by atoms with Crippen molar-refractivity contribution < 1.29 is 27.4 Å². The van der Waals surface area contributed by atoms with Gasteiger partial charge in [0, 0.05) is 24.6 Å². The molecule has 2 aromatic carbocycles. The van der Waals surface area contributed by atoms with Crippen molar-refractivity contribution in [2.75, 3.05) is 30.4 Å². The highest BCUT2D eigenvalue weighted by atomic mass is 32.2. The molecule has 1 unspecified atom stereocenters. The van der Waals surface area contributed by atoms with Crippen LogP contribution < -0.4 is 19.5 Å². The van der Waals surface area contributed by atoms with Crippen molar-refractivity contribution in [2.24, 2.45) is 0 Å². The topological polar surface area (TPSA) is 103 Å². The van der Waals surface area contributed by atoms with Gasteiger partial charge in [-0.3, -0.25) is 9.52 Å². The van der Waals surface area contributed by atoms with Crippen LogP contribution in [0.1, 0.15) is 13.3 Å². The average molecular weight is 406 g/mol. The van der Waals surface area contributed by atoms with E-state index in [9.17, 15) is 13.2 Å². The van der Waals surface area contributed by atoms with Crippen LogP contribution in [0.25, 0.3) is 0 Å². The number of nitrogens with one attached hydrogen (secondary N) is 2. The SMILES string of the molecule is COC(C)CC(=O)Nc1ccc(NS(=O)(=O)c2ccc3c(c2)OCCO3)cc1. The molecule has 1 amide bonds. The van der Waals surface area contributed by atoms with E-state index in [-0.39, 0.29) is 23.3 Å². The van der Waals surface area contributed by atoms with Gasteiger partial charge in [0.25, 0.3) is 10.0 Å². The second-order valence-corrected chi connectivity index (χ2v) is 7.97. The van der Waals surface area contributed by atoms with Crippen molar-refractivity contribution in [2.45, 2.75) is 24.3 Å². The summed E-state index contributed by atoms with van der Waals surface area (Å²) in [6, 6.07) is 10.9. The van der Waals surface area contributed by atoms with Gasteiger partial charge in [0.1, 0.15) is 13.2 Å². The molecule has 1 atom stereocenters. The van der Waals surface area contributed by atoms with Gasteiger partial charge in [0.2, 0.25) is 5.91 Å². The molecule has 150 valence electrons. The molecule has 0 bridgehead atoms. The first kappa shape index (κ1) is 20.0. The number of sulfonamides is 1. The van der Waals surface area contributed by atoms with Crippen molar-refractivity contribution >= 4 is 27.3 Å². The number of amides is 1. The number of ether oxygens (including phenoxy) is 3. The normalized spacial score (nSPS) is 14.2. The summed E-state index contributed by atoms with van der Waals surface area (Å²) in [5.74, 6) is 0.740. The lowest BCUT2D eigenvalue weighted by Crippen LogP contribution is -2.19. The number of fused-ring (bicyclic) bond motifs is 1. The fourth-order valence-electron chi connectivity index (χ4n) is 2.58. The predicted octanol–water partition coefficient (Wildman–Crippen LogP) is 2.62. The molecule has 1 heterocycles. The molecule has 2 N–H and O–H groups in total. The predicted molar refractivity (Wildman–Crippen MR) is 104 cm³/mol. The smallest absolute Gasteiger partial charge is 0.262 e. The van der Waals surface area contributed by atoms with Crippen LogP contribution in [-0.2, 0) is 19.6 Å². The van der Waals surface area contributed by atoms with E-state index in [0.29, 0.717) is 36.1 Å². The van der Waals surface area contributed by atoms with Gasteiger partial charge in [-0.1, -0.05) is 0 Å². The maximum Gasteiger partial charge on any atom is 0.262 e. The molecule has 3 rings (SSSR count). The Balaban J connectivity index is 1.67. The summed E-state index contributed by atoms with van der Waals surface area (Å²) in [6.07, 6.45) is 0.0479. The number of carbonyl (C=O) groups excluding carboxylic acids is 1. The first-order valence-electron chi connectivity index (χ1n) is 8.72. The molecule has 0 radical (unpaired) electrons. The molecule has 8 nitrogen and oxygen atoms in total. The molecular formula is C19H22N2O6S. The molecule has 0 saturated carbocycles. The number of hydrogen-bond acceptors (Lipinski definition) is 6. The van der Waals surface area contributed by atoms with Crippen molar-refractivity contribution in [3.05, 3.63) is 42.5 Å². The monoisotopic (exact) mass is 406 g/mol. The molecule has 2 aromatic rings. The Morgan fingerprint density at radius 1 is 1.07 bits per heavy atom. The third-order valence-electron chi connectivity index (χ3n) is 4.12. The van der Waals surface area contributed by atoms with Crippen molar-refractivity contribution in [3.8, 4) is 11.5 Å². The van der Waals surface area contributed by atoms with Gasteiger partial charge in [0.05, 0.1) is 17.4 Å². The van der Waals surface area contributed by atoms with Gasteiger partial charge in [-0.2, -0.15) is 0 Å². The molecule has 0 saturated heterocycles. The molecule has 0 fully saturated rings. The second-order valence-electron chi connectivity index (χ2n) is 6.29. The van der Waals surface area contributed by atoms with Crippen LogP contribution >= 0.6 is 0 Å². The molecule has 0 aromatic heterocycles. The molecule has 0 spiro atoms. The van der Waals surface area contributed by atoms with E-state index in [4.69, 9.17) is 14.2 Å². The van der Waals surface area contributed by atoms with Gasteiger partial charge in [0.15, 0.2) is 11.5 Å². The van der Waals surface area contributed by atoms with E-state index >= 15 is 0 Å². The summed E-state index contributed by atoms with van der Waals surface area (Å²) >= 11 is 0. The lowest BCUT2D eigenvalue weighted by molar-refractivity contribution is -0.118. The van der Waals surface area contributed by atoms with E-state index in [1.54, 1.807) is 44.4 Å². The largest absolute Gasteiger partial charge is 0.486 e. The summed E-state index contributed by atoms with van der Waals surface area (Å²) in [5.41, 5.74) is 0.939. The van der Waals surface area contributed by atoms with E-state index in [1.165, 1.54) is 12.1 Å². The average Bonchev–Trinajstić information content (AvgIpc) is 2.68. The highest BCUT2D eigenvalue weighted by Crippen LogP contribution is 2.32. The van der Waals surface area contributed by atoms with Crippen LogP contribution in [0.3, 0.4) is 0 Å². The Morgan fingerprint density at radius 3 is 2.39 bits per heavy atom. The van der Waals surface area contributed by atoms with Gasteiger partial charge in [-0.05, 0) is 43.3 Å². The summed E-state index contributed by atoms with van der Waals surface area (Å²) in [4.78, 5) is 11.9. The van der Waals surface area contributed by atoms with E-state index in [0.717, 1.165) is 0 Å². The number of hydrogen-bond donors (Lipinski definition) is 2. The molecule has 1 aliphatic rings. The Kier molecular flexibility index (Phi) is 6.05. The quantitative estimate of drug-likeness (QED) is 0.733. The van der Waals surface area contributed by atoms with Crippen molar-refractivity contribution in [1.29, 1.82) is 0 Å². The van der Waals surface area contributed by atoms with Crippen molar-refractivity contribution in [3.63, 3.8) is 0 Å². The lowest BCUT2D eigenvalue weighted by atomic mass is 10.2. The fourth-order valence-corrected chi connectivity index (χ4v) is 3.66. The number of methoxy groups -OCH3 is 1. The minimum Gasteiger partial charge on any atom is -0.486 e. The fraction of sp³-hybridized carbons (Fsp3) is 0.316. The molecular weight excluding hydrogens is 384 g/mol. The van der Waals surface area contributed by atoms with E-state index in [2.05, 4.69) is 10.0 Å². The Bertz CT molecular complexity index is 943. The zero-order chi connectivity index (χ0) is 20.1. The van der Waals surface area contributed by atoms with Crippen LogP contribution in [0.5, 0.6) is 11.5 Å². The first-order valence-corrected chi connectivity index (χ1v) is 10.2. The first-order chi connectivity index (χ1) is 13.4. The van der Waals surface area contributed by atoms with Crippen LogP contribution in [0.2, 0.25) is 0 Å². The Hall–Kier alpha value is -2.78. The Labute approximate surface area is 163 Å². The highest BCUT2D eigenvalue weighted by Gasteiger charge is 2.19. The van der Waals surface area contributed by atoms with E-state index < -0.39 is 10.0 Å². The minimum atomic E-state index is -3.79. The second kappa shape index (κ2) is 8.49. The molecule has 0 aliphatic carbocycles. The summed E-state index contributed by atoms with van der Waals surface area (Å²) < 4.78 is 43.6. The van der Waals surface area contributed by atoms with Crippen LogP contribution in [0.15, 0.2) is 47.4 Å². The zero-order valence-corrected chi connectivity index (χ0v) is 16.4. The maximum absolute atomic E-state index is 12.6. The summed E-state index contributed by atoms with van der Waals surface area (Å²) in [7, 11) is -2.25. The third-order valence-corrected chi connectivity index (χ3v) is 5.50. The van der Waals surface area contributed by atoms with Gasteiger partial charge in [-0.15, -0.1) is 0 Å². The summed E-state index contributed by atoms with van der Waals surface area (Å²) in [5, 5.41) is 2.74. The minimum absolute atomic E-state index is 0.0719. The number of benzene rings is 2. The van der Waals surface area contributed by atoms with Crippen molar-refractivity contribution in [1.82, 2.24) is 0 Å². The maximum atomic E-state index is 12.6. The molecule has 28 heavy (non-hydrogen) atoms. The van der Waals surface area contributed by atoms with Gasteiger partial charge >= 0.3 is 0 Å². The van der Waals surface area contributed by atoms with Gasteiger partial charge < -0.3 is 19.5 Å². The molecule has 9 heteroatoms. The molecule has 1 aliphatic heterocycles. The number of carbonyl (C=O) groups is 1. The number of rotatable bonds is 7. The van der Waals surface area contributed by atoms with Crippen LogP contribution in [0, 0.1) is 0 Å². The number of anilines is 2. The lowest BCUT2D eigenvalue weighted by Gasteiger charge is -2.19. The zero-order valence-electron chi connectivity index (χ0n) is 15.6. The van der Waals surface area contributed by atoms with Crippen LogP contribution in [0.4, 0.5) is 11.4 Å². The Morgan fingerprint density at radius 2 is 1.71 bits per heavy atom. The van der Waals surface area contributed by atoms with E-state index in [1.807, 2.05) is 0 Å². The van der Waals surface area contributed by atoms with Crippen LogP contribution in [-0.4, -0.2) is 40.8 Å². The third kappa shape index (κ3) is 4.93. The summed E-state index contributed by atoms with van der Waals surface area (Å²) in [6.45, 7) is 2.61. The van der Waals surface area contributed by atoms with Gasteiger partial charge in [-0.25, -0.2) is 8.42 Å².